The van der Waals surface area contributed by atoms with Crippen molar-refractivity contribution in [2.75, 3.05) is 41.3 Å². The maximum Gasteiger partial charge on any atom is 0.229 e. The molecule has 1 aliphatic rings. The molecule has 156 valence electrons. The molecule has 7 nitrogen and oxygen atoms in total. The number of nitrogens with zero attached hydrogens (tertiary/aromatic N) is 6. The highest BCUT2D eigenvalue weighted by Gasteiger charge is 2.21. The fourth-order valence-corrected chi connectivity index (χ4v) is 3.84. The molecule has 0 unspecified atom stereocenters. The van der Waals surface area contributed by atoms with Crippen LogP contribution < -0.4 is 15.1 Å². The van der Waals surface area contributed by atoms with Crippen LogP contribution >= 0.6 is 0 Å². The summed E-state index contributed by atoms with van der Waals surface area (Å²) in [5, 5.41) is 3.44. The van der Waals surface area contributed by atoms with Gasteiger partial charge in [-0.2, -0.15) is 9.97 Å². The summed E-state index contributed by atoms with van der Waals surface area (Å²) in [6.07, 6.45) is 3.35. The Hall–Kier alpha value is -3.74. The minimum atomic E-state index is 0.601. The largest absolute Gasteiger partial charge is 0.368 e. The van der Waals surface area contributed by atoms with E-state index >= 15 is 0 Å². The summed E-state index contributed by atoms with van der Waals surface area (Å²) < 4.78 is 0. The lowest BCUT2D eigenvalue weighted by molar-refractivity contribution is 0.641. The second-order valence-electron chi connectivity index (χ2n) is 7.83. The zero-order valence-corrected chi connectivity index (χ0v) is 17.8. The normalized spacial score (nSPS) is 14.1. The third-order valence-corrected chi connectivity index (χ3v) is 5.77. The highest BCUT2D eigenvalue weighted by atomic mass is 15.3. The van der Waals surface area contributed by atoms with Gasteiger partial charge in [0.15, 0.2) is 17.0 Å². The van der Waals surface area contributed by atoms with E-state index in [-0.39, 0.29) is 0 Å². The number of aryl methyl sites for hydroxylation is 2. The van der Waals surface area contributed by atoms with Crippen molar-refractivity contribution in [2.24, 2.45) is 0 Å². The second kappa shape index (κ2) is 8.18. The minimum absolute atomic E-state index is 0.601. The number of hydrogen-bond acceptors (Lipinski definition) is 7. The summed E-state index contributed by atoms with van der Waals surface area (Å²) in [7, 11) is 0. The Labute approximate surface area is 181 Å². The number of rotatable bonds is 4. The maximum atomic E-state index is 4.85. The van der Waals surface area contributed by atoms with Crippen LogP contribution in [0.3, 0.4) is 0 Å². The van der Waals surface area contributed by atoms with Crippen molar-refractivity contribution in [2.45, 2.75) is 13.8 Å². The molecule has 3 heterocycles. The van der Waals surface area contributed by atoms with Gasteiger partial charge in [-0.1, -0.05) is 24.3 Å². The first-order valence-corrected chi connectivity index (χ1v) is 10.6. The average molecular weight is 412 g/mol. The molecule has 0 spiro atoms. The molecular weight excluding hydrogens is 386 g/mol. The number of piperazine rings is 1. The number of aromatic nitrogens is 4. The van der Waals surface area contributed by atoms with Crippen LogP contribution in [-0.2, 0) is 0 Å². The van der Waals surface area contributed by atoms with Crippen LogP contribution in [0.15, 0.2) is 60.9 Å². The third kappa shape index (κ3) is 3.99. The molecule has 0 saturated carbocycles. The van der Waals surface area contributed by atoms with E-state index in [9.17, 15) is 0 Å². The first-order chi connectivity index (χ1) is 15.2. The van der Waals surface area contributed by atoms with Crippen molar-refractivity contribution < 1.29 is 0 Å². The van der Waals surface area contributed by atoms with Crippen molar-refractivity contribution >= 4 is 34.3 Å². The molecule has 0 amide bonds. The smallest absolute Gasteiger partial charge is 0.229 e. The van der Waals surface area contributed by atoms with E-state index in [0.29, 0.717) is 22.9 Å². The van der Waals surface area contributed by atoms with Gasteiger partial charge in [-0.15, -0.1) is 0 Å². The lowest BCUT2D eigenvalue weighted by atomic mass is 10.1. The van der Waals surface area contributed by atoms with Gasteiger partial charge in [0.1, 0.15) is 0 Å². The quantitative estimate of drug-likeness (QED) is 0.542. The Morgan fingerprint density at radius 3 is 2.29 bits per heavy atom. The van der Waals surface area contributed by atoms with Gasteiger partial charge in [-0.3, -0.25) is 0 Å². The second-order valence-corrected chi connectivity index (χ2v) is 7.83. The molecule has 2 aromatic heterocycles. The molecule has 2 aromatic carbocycles. The Kier molecular flexibility index (Phi) is 5.08. The third-order valence-electron chi connectivity index (χ3n) is 5.77. The van der Waals surface area contributed by atoms with Crippen molar-refractivity contribution in [1.82, 2.24) is 19.9 Å². The van der Waals surface area contributed by atoms with Crippen molar-refractivity contribution in [3.05, 3.63) is 72.1 Å². The van der Waals surface area contributed by atoms with E-state index in [0.717, 1.165) is 31.9 Å². The lowest BCUT2D eigenvalue weighted by Crippen LogP contribution is -2.47. The van der Waals surface area contributed by atoms with Gasteiger partial charge in [0.25, 0.3) is 0 Å². The summed E-state index contributed by atoms with van der Waals surface area (Å²) in [4.78, 5) is 23.1. The summed E-state index contributed by atoms with van der Waals surface area (Å²) in [6.45, 7) is 7.76. The molecule has 31 heavy (non-hydrogen) atoms. The molecule has 7 heteroatoms. The fourth-order valence-electron chi connectivity index (χ4n) is 3.84. The van der Waals surface area contributed by atoms with Gasteiger partial charge in [-0.25, -0.2) is 9.97 Å². The highest BCUT2D eigenvalue weighted by Crippen LogP contribution is 2.26. The van der Waals surface area contributed by atoms with Gasteiger partial charge in [-0.05, 0) is 49.2 Å². The molecule has 0 bridgehead atoms. The van der Waals surface area contributed by atoms with Gasteiger partial charge < -0.3 is 15.1 Å². The highest BCUT2D eigenvalue weighted by molar-refractivity contribution is 5.85. The van der Waals surface area contributed by atoms with Crippen LogP contribution in [-0.4, -0.2) is 46.1 Å². The standard InChI is InChI=1S/C24H25N7/c1-17-8-9-19(16-18(17)2)27-23-21-22(26-11-10-25-21)28-24(29-23)31-14-12-30(13-15-31)20-6-4-3-5-7-20/h3-11,16H,12-15H2,1-2H3,(H,26,27,28,29). The van der Waals surface area contributed by atoms with Crippen LogP contribution in [0, 0.1) is 13.8 Å². The molecule has 1 fully saturated rings. The Bertz CT molecular complexity index is 1200. The number of nitrogens with one attached hydrogen (secondary N) is 1. The number of fused-ring (bicyclic) bond motifs is 1. The van der Waals surface area contributed by atoms with Crippen molar-refractivity contribution in [3.8, 4) is 0 Å². The molecule has 4 aromatic rings. The van der Waals surface area contributed by atoms with E-state index in [1.165, 1.54) is 16.8 Å². The predicted octanol–water partition coefficient (Wildman–Crippen LogP) is 4.11. The van der Waals surface area contributed by atoms with Crippen LogP contribution in [0.5, 0.6) is 0 Å². The summed E-state index contributed by atoms with van der Waals surface area (Å²) >= 11 is 0. The van der Waals surface area contributed by atoms with Crippen molar-refractivity contribution in [1.29, 1.82) is 0 Å². The molecule has 0 atom stereocenters. The zero-order chi connectivity index (χ0) is 21.2. The SMILES string of the molecule is Cc1ccc(Nc2nc(N3CCN(c4ccccc4)CC3)nc3nccnc23)cc1C. The monoisotopic (exact) mass is 411 g/mol. The van der Waals surface area contributed by atoms with Crippen LogP contribution in [0.2, 0.25) is 0 Å². The van der Waals surface area contributed by atoms with Gasteiger partial charge in [0, 0.05) is 49.9 Å². The van der Waals surface area contributed by atoms with Gasteiger partial charge in [0.2, 0.25) is 5.95 Å². The Morgan fingerprint density at radius 2 is 1.52 bits per heavy atom. The Balaban J connectivity index is 1.42. The van der Waals surface area contributed by atoms with Crippen LogP contribution in [0.25, 0.3) is 11.2 Å². The topological polar surface area (TPSA) is 70.1 Å². The Morgan fingerprint density at radius 1 is 0.774 bits per heavy atom. The first kappa shape index (κ1) is 19.2. The number of hydrogen-bond donors (Lipinski definition) is 1. The van der Waals surface area contributed by atoms with Crippen LogP contribution in [0.4, 0.5) is 23.1 Å². The first-order valence-electron chi connectivity index (χ1n) is 10.6. The van der Waals surface area contributed by atoms with Gasteiger partial charge >= 0.3 is 0 Å². The predicted molar refractivity (Wildman–Crippen MR) is 125 cm³/mol. The average Bonchev–Trinajstić information content (AvgIpc) is 2.82. The van der Waals surface area contributed by atoms with E-state index in [4.69, 9.17) is 9.97 Å². The van der Waals surface area contributed by atoms with E-state index in [1.54, 1.807) is 12.4 Å². The zero-order valence-electron chi connectivity index (χ0n) is 17.8. The van der Waals surface area contributed by atoms with Crippen LogP contribution in [0.1, 0.15) is 11.1 Å². The van der Waals surface area contributed by atoms with E-state index < -0.39 is 0 Å². The number of para-hydroxylation sites is 1. The van der Waals surface area contributed by atoms with Gasteiger partial charge in [0.05, 0.1) is 0 Å². The lowest BCUT2D eigenvalue weighted by Gasteiger charge is -2.36. The summed E-state index contributed by atoms with van der Waals surface area (Å²) in [5.74, 6) is 1.37. The fraction of sp³-hybridized carbons (Fsp3) is 0.250. The molecule has 0 aliphatic carbocycles. The minimum Gasteiger partial charge on any atom is -0.368 e. The van der Waals surface area contributed by atoms with E-state index in [1.807, 2.05) is 6.07 Å². The maximum absolute atomic E-state index is 4.85. The number of benzene rings is 2. The van der Waals surface area contributed by atoms with Crippen molar-refractivity contribution in [3.63, 3.8) is 0 Å². The molecule has 0 radical (unpaired) electrons. The molecular formula is C24H25N7. The van der Waals surface area contributed by atoms with E-state index in [2.05, 4.69) is 81.4 Å². The summed E-state index contributed by atoms with van der Waals surface area (Å²) in [5.41, 5.74) is 6.00. The molecule has 1 aliphatic heterocycles. The summed E-state index contributed by atoms with van der Waals surface area (Å²) in [6, 6.07) is 16.8. The molecule has 1 N–H and O–H groups in total. The number of anilines is 4. The molecule has 1 saturated heterocycles. The molecule has 5 rings (SSSR count).